The highest BCUT2D eigenvalue weighted by Crippen LogP contribution is 2.28. The molecule has 0 saturated carbocycles. The number of thiophene rings is 1. The molecular weight excluding hydrogens is 338 g/mol. The lowest BCUT2D eigenvalue weighted by atomic mass is 9.87. The standard InChI is InChI=1S/C23H25NOS/c1-23(2,3)19-11-9-18(10-12-19)22(25)24-16-15-20-13-14-21(26-20)17-7-5-4-6-8-17/h4-14H,15-16H2,1-3H3,(H,24,25). The summed E-state index contributed by atoms with van der Waals surface area (Å²) in [6.07, 6.45) is 0.851. The maximum atomic E-state index is 12.3. The van der Waals surface area contributed by atoms with Crippen LogP contribution in [0.3, 0.4) is 0 Å². The Hall–Kier alpha value is -2.39. The van der Waals surface area contributed by atoms with Gasteiger partial charge in [-0.05, 0) is 47.2 Å². The Kier molecular flexibility index (Phi) is 5.58. The molecule has 1 amide bonds. The first kappa shape index (κ1) is 18.4. The Bertz CT molecular complexity index is 857. The molecule has 0 saturated heterocycles. The predicted octanol–water partition coefficient (Wildman–Crippen LogP) is 5.69. The molecule has 2 nitrogen and oxygen atoms in total. The third kappa shape index (κ3) is 4.61. The summed E-state index contributed by atoms with van der Waals surface area (Å²) in [6.45, 7) is 7.17. The van der Waals surface area contributed by atoms with Crippen LogP contribution in [0.25, 0.3) is 10.4 Å². The van der Waals surface area contributed by atoms with Gasteiger partial charge in [-0.15, -0.1) is 11.3 Å². The third-order valence-corrected chi connectivity index (χ3v) is 5.58. The number of carbonyl (C=O) groups is 1. The Balaban J connectivity index is 1.53. The van der Waals surface area contributed by atoms with Gasteiger partial charge in [-0.25, -0.2) is 0 Å². The fraction of sp³-hybridized carbons (Fsp3) is 0.261. The minimum Gasteiger partial charge on any atom is -0.352 e. The second kappa shape index (κ2) is 7.88. The van der Waals surface area contributed by atoms with Crippen molar-refractivity contribution in [1.82, 2.24) is 5.32 Å². The normalized spacial score (nSPS) is 11.3. The highest BCUT2D eigenvalue weighted by atomic mass is 32.1. The highest BCUT2D eigenvalue weighted by molar-refractivity contribution is 7.15. The van der Waals surface area contributed by atoms with Crippen LogP contribution in [-0.4, -0.2) is 12.5 Å². The molecule has 0 aliphatic rings. The van der Waals surface area contributed by atoms with Crippen LogP contribution in [0.1, 0.15) is 41.6 Å². The maximum absolute atomic E-state index is 12.3. The van der Waals surface area contributed by atoms with Crippen LogP contribution in [0.2, 0.25) is 0 Å². The summed E-state index contributed by atoms with van der Waals surface area (Å²) >= 11 is 1.79. The summed E-state index contributed by atoms with van der Waals surface area (Å²) in [5, 5.41) is 3.02. The van der Waals surface area contributed by atoms with Crippen LogP contribution in [-0.2, 0) is 11.8 Å². The molecule has 0 fully saturated rings. The van der Waals surface area contributed by atoms with Crippen molar-refractivity contribution in [3.63, 3.8) is 0 Å². The van der Waals surface area contributed by atoms with E-state index < -0.39 is 0 Å². The quantitative estimate of drug-likeness (QED) is 0.620. The van der Waals surface area contributed by atoms with E-state index in [1.807, 2.05) is 30.3 Å². The summed E-state index contributed by atoms with van der Waals surface area (Å²) in [7, 11) is 0. The van der Waals surface area contributed by atoms with E-state index in [1.165, 1.54) is 20.9 Å². The Morgan fingerprint density at radius 1 is 0.923 bits per heavy atom. The van der Waals surface area contributed by atoms with E-state index in [4.69, 9.17) is 0 Å². The van der Waals surface area contributed by atoms with Gasteiger partial charge in [-0.1, -0.05) is 63.2 Å². The highest BCUT2D eigenvalue weighted by Gasteiger charge is 2.14. The van der Waals surface area contributed by atoms with E-state index in [2.05, 4.69) is 62.5 Å². The average molecular weight is 364 g/mol. The molecule has 1 N–H and O–H groups in total. The number of hydrogen-bond donors (Lipinski definition) is 1. The summed E-state index contributed by atoms with van der Waals surface area (Å²) in [6, 6.07) is 22.6. The summed E-state index contributed by atoms with van der Waals surface area (Å²) in [4.78, 5) is 14.9. The molecule has 0 spiro atoms. The number of nitrogens with one attached hydrogen (secondary N) is 1. The summed E-state index contributed by atoms with van der Waals surface area (Å²) in [5.74, 6) is -0.00898. The molecule has 3 rings (SSSR count). The topological polar surface area (TPSA) is 29.1 Å². The number of benzene rings is 2. The molecule has 0 aliphatic carbocycles. The lowest BCUT2D eigenvalue weighted by Crippen LogP contribution is -2.25. The molecule has 1 aromatic heterocycles. The molecule has 3 aromatic rings. The third-order valence-electron chi connectivity index (χ3n) is 4.39. The van der Waals surface area contributed by atoms with E-state index in [0.717, 1.165) is 6.42 Å². The van der Waals surface area contributed by atoms with Gasteiger partial charge in [-0.3, -0.25) is 4.79 Å². The molecule has 26 heavy (non-hydrogen) atoms. The Morgan fingerprint density at radius 2 is 1.62 bits per heavy atom. The van der Waals surface area contributed by atoms with Gasteiger partial charge in [0.25, 0.3) is 5.91 Å². The van der Waals surface area contributed by atoms with E-state index in [9.17, 15) is 4.79 Å². The van der Waals surface area contributed by atoms with Gasteiger partial charge >= 0.3 is 0 Å². The molecule has 1 heterocycles. The zero-order valence-corrected chi connectivity index (χ0v) is 16.4. The van der Waals surface area contributed by atoms with Crippen LogP contribution in [0.4, 0.5) is 0 Å². The van der Waals surface area contributed by atoms with Gasteiger partial charge in [0.2, 0.25) is 0 Å². The Morgan fingerprint density at radius 3 is 2.27 bits per heavy atom. The van der Waals surface area contributed by atoms with Crippen molar-refractivity contribution in [2.75, 3.05) is 6.54 Å². The molecule has 2 aromatic carbocycles. The zero-order valence-electron chi connectivity index (χ0n) is 15.6. The number of hydrogen-bond acceptors (Lipinski definition) is 2. The van der Waals surface area contributed by atoms with Crippen molar-refractivity contribution in [2.45, 2.75) is 32.6 Å². The van der Waals surface area contributed by atoms with E-state index >= 15 is 0 Å². The molecule has 3 heteroatoms. The van der Waals surface area contributed by atoms with Crippen LogP contribution in [0.15, 0.2) is 66.7 Å². The average Bonchev–Trinajstić information content (AvgIpc) is 3.11. The van der Waals surface area contributed by atoms with Gasteiger partial charge in [0.1, 0.15) is 0 Å². The second-order valence-corrected chi connectivity index (χ2v) is 8.63. The molecule has 0 atom stereocenters. The van der Waals surface area contributed by atoms with Crippen molar-refractivity contribution in [2.24, 2.45) is 0 Å². The molecule has 0 aliphatic heterocycles. The maximum Gasteiger partial charge on any atom is 0.251 e. The minimum atomic E-state index is -0.00898. The number of carbonyl (C=O) groups excluding carboxylic acids is 1. The molecular formula is C23H25NOS. The number of amides is 1. The van der Waals surface area contributed by atoms with E-state index in [-0.39, 0.29) is 11.3 Å². The molecule has 0 bridgehead atoms. The molecule has 134 valence electrons. The predicted molar refractivity (Wildman–Crippen MR) is 111 cm³/mol. The van der Waals surface area contributed by atoms with E-state index in [0.29, 0.717) is 12.1 Å². The molecule has 0 unspecified atom stereocenters. The van der Waals surface area contributed by atoms with Crippen LogP contribution < -0.4 is 5.32 Å². The fourth-order valence-corrected chi connectivity index (χ4v) is 3.81. The Labute approximate surface area is 159 Å². The first-order chi connectivity index (χ1) is 12.4. The van der Waals surface area contributed by atoms with Gasteiger partial charge in [0.15, 0.2) is 0 Å². The zero-order chi connectivity index (χ0) is 18.6. The van der Waals surface area contributed by atoms with Gasteiger partial charge in [-0.2, -0.15) is 0 Å². The minimum absolute atomic E-state index is 0.00898. The largest absolute Gasteiger partial charge is 0.352 e. The summed E-state index contributed by atoms with van der Waals surface area (Å²) < 4.78 is 0. The van der Waals surface area contributed by atoms with Gasteiger partial charge in [0, 0.05) is 21.9 Å². The number of rotatable bonds is 5. The first-order valence-corrected chi connectivity index (χ1v) is 9.78. The van der Waals surface area contributed by atoms with Gasteiger partial charge < -0.3 is 5.32 Å². The smallest absolute Gasteiger partial charge is 0.251 e. The first-order valence-electron chi connectivity index (χ1n) is 8.96. The van der Waals surface area contributed by atoms with Crippen LogP contribution >= 0.6 is 11.3 Å². The fourth-order valence-electron chi connectivity index (χ4n) is 2.79. The second-order valence-electron chi connectivity index (χ2n) is 7.47. The summed E-state index contributed by atoms with van der Waals surface area (Å²) in [5.41, 5.74) is 3.30. The van der Waals surface area contributed by atoms with Crippen LogP contribution in [0, 0.1) is 0 Å². The van der Waals surface area contributed by atoms with E-state index in [1.54, 1.807) is 11.3 Å². The lowest BCUT2D eigenvalue weighted by molar-refractivity contribution is 0.0954. The molecule has 0 radical (unpaired) electrons. The monoisotopic (exact) mass is 363 g/mol. The van der Waals surface area contributed by atoms with Gasteiger partial charge in [0.05, 0.1) is 0 Å². The van der Waals surface area contributed by atoms with Crippen molar-refractivity contribution in [1.29, 1.82) is 0 Å². The van der Waals surface area contributed by atoms with Crippen molar-refractivity contribution in [3.05, 3.63) is 82.7 Å². The SMILES string of the molecule is CC(C)(C)c1ccc(C(=O)NCCc2ccc(-c3ccccc3)s2)cc1. The van der Waals surface area contributed by atoms with Crippen molar-refractivity contribution in [3.8, 4) is 10.4 Å². The van der Waals surface area contributed by atoms with Crippen molar-refractivity contribution < 1.29 is 4.79 Å². The van der Waals surface area contributed by atoms with Crippen molar-refractivity contribution >= 4 is 17.2 Å². The van der Waals surface area contributed by atoms with Crippen LogP contribution in [0.5, 0.6) is 0 Å². The lowest BCUT2D eigenvalue weighted by Gasteiger charge is -2.19.